The van der Waals surface area contributed by atoms with E-state index in [2.05, 4.69) is 56.1 Å². The molecule has 0 aliphatic rings. The van der Waals surface area contributed by atoms with Crippen LogP contribution in [0.4, 0.5) is 0 Å². The smallest absolute Gasteiger partial charge is 0.0183 e. The van der Waals surface area contributed by atoms with Crippen molar-refractivity contribution in [3.05, 3.63) is 45.4 Å². The van der Waals surface area contributed by atoms with E-state index >= 15 is 0 Å². The molecule has 1 rings (SSSR count). The van der Waals surface area contributed by atoms with Crippen LogP contribution in [0.15, 0.2) is 34.2 Å². The van der Waals surface area contributed by atoms with E-state index in [1.54, 1.807) is 0 Å². The summed E-state index contributed by atoms with van der Waals surface area (Å²) >= 11 is 6.47. The van der Waals surface area contributed by atoms with Crippen LogP contribution in [0.5, 0.6) is 0 Å². The third kappa shape index (κ3) is 2.95. The summed E-state index contributed by atoms with van der Waals surface area (Å²) < 4.78 is 0. The predicted molar refractivity (Wildman–Crippen MR) is 62.4 cm³/mol. The van der Waals surface area contributed by atoms with Crippen molar-refractivity contribution in [3.63, 3.8) is 0 Å². The van der Waals surface area contributed by atoms with Gasteiger partial charge in [0.2, 0.25) is 0 Å². The fourth-order valence-corrected chi connectivity index (χ4v) is 1.47. The second kappa shape index (κ2) is 5.33. The molecule has 1 aromatic rings. The number of benzene rings is 1. The molecule has 0 aliphatic carbocycles. The number of hydrogen-bond donors (Lipinski definition) is 0. The van der Waals surface area contributed by atoms with E-state index in [9.17, 15) is 0 Å². The molecule has 0 N–H and O–H groups in total. The first-order chi connectivity index (χ1) is 5.86. The van der Waals surface area contributed by atoms with E-state index in [1.165, 1.54) is 11.1 Å². The summed E-state index contributed by atoms with van der Waals surface area (Å²) in [6.45, 7) is 0. The quantitative estimate of drug-likeness (QED) is 0.755. The first-order valence-electron chi connectivity index (χ1n) is 3.50. The lowest BCUT2D eigenvalue weighted by atomic mass is 10.1. The van der Waals surface area contributed by atoms with Crippen molar-refractivity contribution in [2.24, 2.45) is 0 Å². The second-order valence-corrected chi connectivity index (χ2v) is 3.31. The molecule has 0 amide bonds. The minimum Gasteiger partial charge on any atom is -0.0595 e. The van der Waals surface area contributed by atoms with Gasteiger partial charge in [-0.25, -0.2) is 0 Å². The maximum Gasteiger partial charge on any atom is -0.0183 e. The van der Waals surface area contributed by atoms with Crippen LogP contribution in [0.3, 0.4) is 0 Å². The zero-order chi connectivity index (χ0) is 8.81. The lowest BCUT2D eigenvalue weighted by Gasteiger charge is -1.93. The minimum absolute atomic E-state index is 1.19. The van der Waals surface area contributed by atoms with Gasteiger partial charge in [0, 0.05) is 0 Å². The molecule has 12 heavy (non-hydrogen) atoms. The van der Waals surface area contributed by atoms with Crippen LogP contribution < -0.4 is 0 Å². The van der Waals surface area contributed by atoms with Crippen LogP contribution in [-0.4, -0.2) is 0 Å². The van der Waals surface area contributed by atoms with Crippen molar-refractivity contribution in [1.29, 1.82) is 0 Å². The molecule has 62 valence electrons. The summed E-state index contributed by atoms with van der Waals surface area (Å²) in [7, 11) is 0. The second-order valence-electron chi connectivity index (χ2n) is 2.25. The highest BCUT2D eigenvalue weighted by molar-refractivity contribution is 9.11. The molecule has 0 aliphatic heterocycles. The number of rotatable bonds is 2. The van der Waals surface area contributed by atoms with Gasteiger partial charge in [-0.05, 0) is 33.2 Å². The highest BCUT2D eigenvalue weighted by atomic mass is 79.9. The van der Waals surface area contributed by atoms with Crippen molar-refractivity contribution >= 4 is 44.0 Å². The summed E-state index contributed by atoms with van der Waals surface area (Å²) in [5.41, 5.74) is 2.39. The summed E-state index contributed by atoms with van der Waals surface area (Å²) in [6, 6.07) is 8.28. The molecule has 0 atom stereocenters. The number of hydrogen-bond acceptors (Lipinski definition) is 0. The van der Waals surface area contributed by atoms with Gasteiger partial charge in [0.1, 0.15) is 0 Å². The van der Waals surface area contributed by atoms with E-state index in [0.717, 1.165) is 0 Å². The molecule has 0 fully saturated rings. The van der Waals surface area contributed by atoms with Crippen LogP contribution in [0.25, 0.3) is 12.2 Å². The van der Waals surface area contributed by atoms with E-state index in [-0.39, 0.29) is 0 Å². The zero-order valence-corrected chi connectivity index (χ0v) is 9.55. The standard InChI is InChI=1S/C10H8Br2/c11-7-5-9-1-2-10(4-3-9)6-8-12/h1-8H/b7-5+,8-6+. The fraction of sp³-hybridized carbons (Fsp3) is 0. The van der Waals surface area contributed by atoms with E-state index in [1.807, 2.05) is 22.1 Å². The van der Waals surface area contributed by atoms with E-state index in [4.69, 9.17) is 0 Å². The van der Waals surface area contributed by atoms with Crippen LogP contribution in [0.1, 0.15) is 11.1 Å². The lowest BCUT2D eigenvalue weighted by molar-refractivity contribution is 1.63. The zero-order valence-electron chi connectivity index (χ0n) is 6.37. The Morgan fingerprint density at radius 3 is 1.33 bits per heavy atom. The number of halogens is 2. The highest BCUT2D eigenvalue weighted by Gasteiger charge is 1.86. The van der Waals surface area contributed by atoms with Gasteiger partial charge in [-0.1, -0.05) is 56.1 Å². The molecule has 0 saturated heterocycles. The molecular weight excluding hydrogens is 280 g/mol. The van der Waals surface area contributed by atoms with E-state index in [0.29, 0.717) is 0 Å². The summed E-state index contributed by atoms with van der Waals surface area (Å²) in [4.78, 5) is 3.70. The van der Waals surface area contributed by atoms with Crippen molar-refractivity contribution in [2.75, 3.05) is 0 Å². The molecule has 0 unspecified atom stereocenters. The molecule has 0 bridgehead atoms. The molecule has 0 saturated carbocycles. The van der Waals surface area contributed by atoms with Crippen LogP contribution in [0, 0.1) is 0 Å². The Balaban J connectivity index is 2.85. The van der Waals surface area contributed by atoms with Crippen molar-refractivity contribution in [2.45, 2.75) is 0 Å². The molecule has 2 heteroatoms. The molecule has 0 radical (unpaired) electrons. The van der Waals surface area contributed by atoms with Crippen molar-refractivity contribution < 1.29 is 0 Å². The predicted octanol–water partition coefficient (Wildman–Crippen LogP) is 4.42. The van der Waals surface area contributed by atoms with Gasteiger partial charge in [0.15, 0.2) is 0 Å². The Morgan fingerprint density at radius 2 is 1.08 bits per heavy atom. The lowest BCUT2D eigenvalue weighted by Crippen LogP contribution is -1.72. The topological polar surface area (TPSA) is 0 Å². The van der Waals surface area contributed by atoms with Crippen LogP contribution in [0.2, 0.25) is 0 Å². The largest absolute Gasteiger partial charge is 0.0595 e. The summed E-state index contributed by atoms with van der Waals surface area (Å²) in [6.07, 6.45) is 4.00. The third-order valence-corrected chi connectivity index (χ3v) is 1.98. The van der Waals surface area contributed by atoms with Gasteiger partial charge in [0.25, 0.3) is 0 Å². The Hall–Kier alpha value is -0.340. The average Bonchev–Trinajstić information content (AvgIpc) is 2.09. The maximum absolute atomic E-state index is 3.23. The van der Waals surface area contributed by atoms with E-state index < -0.39 is 0 Å². The molecule has 0 nitrogen and oxygen atoms in total. The normalized spacial score (nSPS) is 11.5. The Morgan fingerprint density at radius 1 is 0.750 bits per heavy atom. The molecule has 0 aromatic heterocycles. The summed E-state index contributed by atoms with van der Waals surface area (Å²) in [5, 5.41) is 0. The van der Waals surface area contributed by atoms with Gasteiger partial charge in [-0.3, -0.25) is 0 Å². The first kappa shape index (κ1) is 9.75. The van der Waals surface area contributed by atoms with Gasteiger partial charge in [-0.2, -0.15) is 0 Å². The van der Waals surface area contributed by atoms with Gasteiger partial charge >= 0.3 is 0 Å². The average molecular weight is 288 g/mol. The first-order valence-corrected chi connectivity index (χ1v) is 5.33. The Bertz CT molecular complexity index is 252. The molecule has 0 spiro atoms. The highest BCUT2D eigenvalue weighted by Crippen LogP contribution is 2.09. The van der Waals surface area contributed by atoms with Gasteiger partial charge < -0.3 is 0 Å². The molecule has 0 heterocycles. The maximum atomic E-state index is 3.23. The van der Waals surface area contributed by atoms with Gasteiger partial charge in [-0.15, -0.1) is 0 Å². The van der Waals surface area contributed by atoms with Gasteiger partial charge in [0.05, 0.1) is 0 Å². The minimum atomic E-state index is 1.19. The summed E-state index contributed by atoms with van der Waals surface area (Å²) in [5.74, 6) is 0. The third-order valence-electron chi connectivity index (χ3n) is 1.45. The van der Waals surface area contributed by atoms with Crippen molar-refractivity contribution in [1.82, 2.24) is 0 Å². The van der Waals surface area contributed by atoms with Crippen LogP contribution in [-0.2, 0) is 0 Å². The molecule has 1 aromatic carbocycles. The monoisotopic (exact) mass is 286 g/mol. The molecular formula is C10H8Br2. The SMILES string of the molecule is Br/C=C/c1ccc(/C=C/Br)cc1. The Labute approximate surface area is 89.2 Å². The Kier molecular flexibility index (Phi) is 4.33. The van der Waals surface area contributed by atoms with Crippen molar-refractivity contribution in [3.8, 4) is 0 Å². The van der Waals surface area contributed by atoms with Crippen LogP contribution >= 0.6 is 31.9 Å². The fourth-order valence-electron chi connectivity index (χ4n) is 0.864.